The predicted octanol–water partition coefficient (Wildman–Crippen LogP) is 2.66. The molecule has 156 valence electrons. The van der Waals surface area contributed by atoms with E-state index < -0.39 is 0 Å². The van der Waals surface area contributed by atoms with Gasteiger partial charge in [0.05, 0.1) is 14.2 Å². The van der Waals surface area contributed by atoms with Crippen LogP contribution in [0.4, 0.5) is 5.69 Å². The molecule has 1 fully saturated rings. The van der Waals surface area contributed by atoms with Crippen molar-refractivity contribution < 1.29 is 14.6 Å². The molecule has 3 N–H and O–H groups in total. The highest BCUT2D eigenvalue weighted by molar-refractivity contribution is 5.80. The van der Waals surface area contributed by atoms with Gasteiger partial charge in [0.15, 0.2) is 17.5 Å². The molecule has 1 heterocycles. The first-order chi connectivity index (χ1) is 14.0. The summed E-state index contributed by atoms with van der Waals surface area (Å²) in [7, 11) is 4.80. The summed E-state index contributed by atoms with van der Waals surface area (Å²) in [5.41, 5.74) is 3.45. The van der Waals surface area contributed by atoms with Gasteiger partial charge in [-0.05, 0) is 43.2 Å². The number of guanidine groups is 1. The molecule has 0 spiro atoms. The maximum atomic E-state index is 10.0. The van der Waals surface area contributed by atoms with E-state index >= 15 is 0 Å². The number of rotatable bonds is 6. The number of nitrogens with zero attached hydrogens (tertiary/aromatic N) is 2. The molecule has 7 heteroatoms. The first-order valence-corrected chi connectivity index (χ1v) is 9.76. The van der Waals surface area contributed by atoms with Gasteiger partial charge in [0.2, 0.25) is 5.75 Å². The molecule has 1 atom stereocenters. The lowest BCUT2D eigenvalue weighted by Crippen LogP contribution is -2.44. The normalized spacial score (nSPS) is 16.6. The Bertz CT molecular complexity index is 827. The van der Waals surface area contributed by atoms with E-state index in [0.717, 1.165) is 31.0 Å². The van der Waals surface area contributed by atoms with Crippen LogP contribution in [0.2, 0.25) is 0 Å². The van der Waals surface area contributed by atoms with E-state index in [0.29, 0.717) is 24.1 Å². The summed E-state index contributed by atoms with van der Waals surface area (Å²) in [6, 6.07) is 12.5. The highest BCUT2D eigenvalue weighted by atomic mass is 16.5. The topological polar surface area (TPSA) is 78.4 Å². The number of hydrogen-bond acceptors (Lipinski definition) is 5. The van der Waals surface area contributed by atoms with Gasteiger partial charge in [0, 0.05) is 38.4 Å². The molecule has 0 radical (unpaired) electrons. The summed E-state index contributed by atoms with van der Waals surface area (Å²) in [5, 5.41) is 16.9. The standard InChI is InChI=1S/C22H30N4O3/c1-15-5-7-18(8-6-15)26-10-9-17(14-26)25-22(23-2)24-13-16-11-19(28-3)21(27)20(12-16)29-4/h5-8,11-12,17,27H,9-10,13-14H2,1-4H3,(H2,23,24,25). The van der Waals surface area contributed by atoms with Crippen LogP contribution >= 0.6 is 0 Å². The number of nitrogens with one attached hydrogen (secondary N) is 2. The summed E-state index contributed by atoms with van der Waals surface area (Å²) in [6.07, 6.45) is 1.05. The Morgan fingerprint density at radius 2 is 1.83 bits per heavy atom. The van der Waals surface area contributed by atoms with Crippen LogP contribution in [-0.4, -0.2) is 51.5 Å². The van der Waals surface area contributed by atoms with Gasteiger partial charge in [-0.2, -0.15) is 0 Å². The molecule has 0 aromatic heterocycles. The predicted molar refractivity (Wildman–Crippen MR) is 116 cm³/mol. The largest absolute Gasteiger partial charge is 0.502 e. The van der Waals surface area contributed by atoms with Gasteiger partial charge in [-0.3, -0.25) is 4.99 Å². The van der Waals surface area contributed by atoms with Crippen molar-refractivity contribution in [1.82, 2.24) is 10.6 Å². The molecule has 1 unspecified atom stereocenters. The zero-order valence-corrected chi connectivity index (χ0v) is 17.5. The van der Waals surface area contributed by atoms with E-state index in [9.17, 15) is 5.11 Å². The van der Waals surface area contributed by atoms with Crippen molar-refractivity contribution in [2.75, 3.05) is 39.3 Å². The third-order valence-electron chi connectivity index (χ3n) is 5.15. The van der Waals surface area contributed by atoms with Crippen LogP contribution in [0.25, 0.3) is 0 Å². The van der Waals surface area contributed by atoms with Crippen molar-refractivity contribution in [3.05, 3.63) is 47.5 Å². The van der Waals surface area contributed by atoms with Crippen LogP contribution in [0.15, 0.2) is 41.4 Å². The van der Waals surface area contributed by atoms with Gasteiger partial charge < -0.3 is 30.1 Å². The Labute approximate surface area is 172 Å². The number of ether oxygens (including phenoxy) is 2. The summed E-state index contributed by atoms with van der Waals surface area (Å²) in [5.74, 6) is 1.51. The van der Waals surface area contributed by atoms with Gasteiger partial charge in [-0.15, -0.1) is 0 Å². The fraction of sp³-hybridized carbons (Fsp3) is 0.409. The smallest absolute Gasteiger partial charge is 0.200 e. The van der Waals surface area contributed by atoms with Crippen LogP contribution in [0.3, 0.4) is 0 Å². The maximum absolute atomic E-state index is 10.0. The average molecular weight is 399 g/mol. The Hall–Kier alpha value is -3.09. The molecule has 0 aliphatic carbocycles. The number of aromatic hydroxyl groups is 1. The quantitative estimate of drug-likeness (QED) is 0.513. The lowest BCUT2D eigenvalue weighted by atomic mass is 10.2. The summed E-state index contributed by atoms with van der Waals surface area (Å²) >= 11 is 0. The van der Waals surface area contributed by atoms with Crippen LogP contribution in [0.5, 0.6) is 17.2 Å². The van der Waals surface area contributed by atoms with Gasteiger partial charge in [0.25, 0.3) is 0 Å². The van der Waals surface area contributed by atoms with Crippen molar-refractivity contribution in [3.63, 3.8) is 0 Å². The number of anilines is 1. The van der Waals surface area contributed by atoms with E-state index in [1.165, 1.54) is 25.5 Å². The molecule has 3 rings (SSSR count). The first kappa shape index (κ1) is 20.6. The van der Waals surface area contributed by atoms with Crippen molar-refractivity contribution in [2.45, 2.75) is 25.9 Å². The maximum Gasteiger partial charge on any atom is 0.200 e. The minimum absolute atomic E-state index is 0.00316. The summed E-state index contributed by atoms with van der Waals surface area (Å²) in [4.78, 5) is 6.73. The van der Waals surface area contributed by atoms with Crippen LogP contribution in [-0.2, 0) is 6.54 Å². The molecule has 1 saturated heterocycles. The van der Waals surface area contributed by atoms with E-state index in [1.807, 2.05) is 0 Å². The molecule has 7 nitrogen and oxygen atoms in total. The van der Waals surface area contributed by atoms with E-state index in [2.05, 4.69) is 51.7 Å². The Morgan fingerprint density at radius 1 is 1.17 bits per heavy atom. The fourth-order valence-electron chi connectivity index (χ4n) is 3.49. The third-order valence-corrected chi connectivity index (χ3v) is 5.15. The van der Waals surface area contributed by atoms with Gasteiger partial charge in [-0.25, -0.2) is 0 Å². The van der Waals surface area contributed by atoms with Crippen LogP contribution in [0.1, 0.15) is 17.5 Å². The molecule has 1 aliphatic rings. The third kappa shape index (κ3) is 5.04. The number of phenolic OH excluding ortho intramolecular Hbond substituents is 1. The Kier molecular flexibility index (Phi) is 6.69. The molecular weight excluding hydrogens is 368 g/mol. The van der Waals surface area contributed by atoms with Crippen molar-refractivity contribution in [2.24, 2.45) is 4.99 Å². The van der Waals surface area contributed by atoms with Crippen molar-refractivity contribution in [1.29, 1.82) is 0 Å². The molecule has 0 bridgehead atoms. The van der Waals surface area contributed by atoms with Gasteiger partial charge >= 0.3 is 0 Å². The number of phenols is 1. The second-order valence-corrected chi connectivity index (χ2v) is 7.19. The van der Waals surface area contributed by atoms with Crippen LogP contribution < -0.4 is 25.0 Å². The monoisotopic (exact) mass is 398 g/mol. The zero-order valence-electron chi connectivity index (χ0n) is 17.5. The Morgan fingerprint density at radius 3 is 2.41 bits per heavy atom. The van der Waals surface area contributed by atoms with Gasteiger partial charge in [0.1, 0.15) is 0 Å². The highest BCUT2D eigenvalue weighted by Crippen LogP contribution is 2.37. The van der Waals surface area contributed by atoms with Gasteiger partial charge in [-0.1, -0.05) is 17.7 Å². The number of benzene rings is 2. The number of hydrogen-bond donors (Lipinski definition) is 3. The molecule has 2 aromatic rings. The SMILES string of the molecule is CN=C(NCc1cc(OC)c(O)c(OC)c1)NC1CCN(c2ccc(C)cc2)C1. The van der Waals surface area contributed by atoms with E-state index in [-0.39, 0.29) is 5.75 Å². The van der Waals surface area contributed by atoms with Crippen molar-refractivity contribution in [3.8, 4) is 17.2 Å². The first-order valence-electron chi connectivity index (χ1n) is 9.76. The second kappa shape index (κ2) is 9.41. The number of methoxy groups -OCH3 is 2. The van der Waals surface area contributed by atoms with E-state index in [1.54, 1.807) is 19.2 Å². The highest BCUT2D eigenvalue weighted by Gasteiger charge is 2.23. The molecule has 0 saturated carbocycles. The minimum atomic E-state index is 0.00316. The summed E-state index contributed by atoms with van der Waals surface area (Å²) < 4.78 is 10.4. The average Bonchev–Trinajstić information content (AvgIpc) is 3.20. The lowest BCUT2D eigenvalue weighted by molar-refractivity contribution is 0.339. The van der Waals surface area contributed by atoms with Crippen LogP contribution in [0, 0.1) is 6.92 Å². The second-order valence-electron chi connectivity index (χ2n) is 7.19. The lowest BCUT2D eigenvalue weighted by Gasteiger charge is -2.21. The molecule has 29 heavy (non-hydrogen) atoms. The molecule has 0 amide bonds. The number of aryl methyl sites for hydroxylation is 1. The zero-order chi connectivity index (χ0) is 20.8. The van der Waals surface area contributed by atoms with Crippen molar-refractivity contribution >= 4 is 11.6 Å². The van der Waals surface area contributed by atoms with E-state index in [4.69, 9.17) is 9.47 Å². The molecule has 2 aromatic carbocycles. The fourth-order valence-corrected chi connectivity index (χ4v) is 3.49. The summed E-state index contributed by atoms with van der Waals surface area (Å²) in [6.45, 7) is 4.59. The number of aliphatic imine (C=N–C) groups is 1. The molecule has 1 aliphatic heterocycles. The Balaban J connectivity index is 1.57. The molecular formula is C22H30N4O3. The minimum Gasteiger partial charge on any atom is -0.502 e.